The van der Waals surface area contributed by atoms with E-state index in [2.05, 4.69) is 10.3 Å². The number of carbonyl (C=O) groups is 1. The van der Waals surface area contributed by atoms with Crippen molar-refractivity contribution in [2.75, 3.05) is 19.8 Å². The summed E-state index contributed by atoms with van der Waals surface area (Å²) in [4.78, 5) is 15.5. The Hall–Kier alpha value is -1.42. The molecule has 0 aliphatic carbocycles. The second-order valence-electron chi connectivity index (χ2n) is 3.76. The van der Waals surface area contributed by atoms with Gasteiger partial charge in [0.25, 0.3) is 0 Å². The van der Waals surface area contributed by atoms with Gasteiger partial charge in [0.05, 0.1) is 0 Å². The molecule has 0 saturated heterocycles. The summed E-state index contributed by atoms with van der Waals surface area (Å²) in [5, 5.41) is 2.87. The van der Waals surface area contributed by atoms with Crippen LogP contribution in [0.4, 0.5) is 0 Å². The lowest BCUT2D eigenvalue weighted by Crippen LogP contribution is -2.25. The highest BCUT2D eigenvalue weighted by molar-refractivity contribution is 5.76. The van der Waals surface area contributed by atoms with Crippen molar-refractivity contribution in [3.63, 3.8) is 0 Å². The summed E-state index contributed by atoms with van der Waals surface area (Å²) >= 11 is 0. The molecule has 1 N–H and O–H groups in total. The monoisotopic (exact) mass is 236 g/mol. The lowest BCUT2D eigenvalue weighted by atomic mass is 10.1. The minimum atomic E-state index is 0.0883. The number of rotatable bonds is 8. The van der Waals surface area contributed by atoms with Crippen LogP contribution in [0.1, 0.15) is 25.3 Å². The number of ether oxygens (including phenoxy) is 1. The first-order valence-electron chi connectivity index (χ1n) is 6.06. The van der Waals surface area contributed by atoms with Crippen LogP contribution in [0.2, 0.25) is 0 Å². The second kappa shape index (κ2) is 8.70. The summed E-state index contributed by atoms with van der Waals surface area (Å²) in [6, 6.07) is 3.87. The Bertz CT molecular complexity index is 314. The molecule has 0 aliphatic rings. The highest BCUT2D eigenvalue weighted by Crippen LogP contribution is 1.99. The van der Waals surface area contributed by atoms with Gasteiger partial charge in [0.1, 0.15) is 0 Å². The van der Waals surface area contributed by atoms with Crippen molar-refractivity contribution >= 4 is 5.91 Å². The zero-order valence-corrected chi connectivity index (χ0v) is 10.3. The molecule has 1 aromatic heterocycles. The smallest absolute Gasteiger partial charge is 0.220 e. The fraction of sp³-hybridized carbons (Fsp3) is 0.538. The van der Waals surface area contributed by atoms with Gasteiger partial charge < -0.3 is 10.1 Å². The zero-order chi connectivity index (χ0) is 12.3. The standard InChI is InChI=1S/C13H20N2O2/c1-2-17-10-4-9-15-13(16)7-6-12-5-3-8-14-11-12/h3,5,8,11H,2,4,6-7,9-10H2,1H3,(H,15,16). The molecule has 4 heteroatoms. The molecule has 1 aromatic rings. The Morgan fingerprint density at radius 3 is 3.12 bits per heavy atom. The normalized spacial score (nSPS) is 10.2. The van der Waals surface area contributed by atoms with E-state index in [1.54, 1.807) is 12.4 Å². The van der Waals surface area contributed by atoms with Crippen LogP contribution in [0.15, 0.2) is 24.5 Å². The van der Waals surface area contributed by atoms with Crippen molar-refractivity contribution in [1.29, 1.82) is 0 Å². The van der Waals surface area contributed by atoms with Crippen molar-refractivity contribution in [2.45, 2.75) is 26.2 Å². The van der Waals surface area contributed by atoms with Crippen LogP contribution in [0.25, 0.3) is 0 Å². The third kappa shape index (κ3) is 6.68. The zero-order valence-electron chi connectivity index (χ0n) is 10.3. The number of aromatic nitrogens is 1. The molecule has 1 amide bonds. The van der Waals surface area contributed by atoms with E-state index < -0.39 is 0 Å². The lowest BCUT2D eigenvalue weighted by molar-refractivity contribution is -0.121. The van der Waals surface area contributed by atoms with E-state index in [0.717, 1.165) is 25.0 Å². The van der Waals surface area contributed by atoms with Crippen LogP contribution in [-0.2, 0) is 16.0 Å². The summed E-state index contributed by atoms with van der Waals surface area (Å²) in [5.74, 6) is 0.0883. The average molecular weight is 236 g/mol. The van der Waals surface area contributed by atoms with Gasteiger partial charge in [-0.15, -0.1) is 0 Å². The summed E-state index contributed by atoms with van der Waals surface area (Å²) in [6.07, 6.45) is 5.65. The molecule has 0 radical (unpaired) electrons. The minimum Gasteiger partial charge on any atom is -0.382 e. The van der Waals surface area contributed by atoms with E-state index in [1.807, 2.05) is 19.1 Å². The first-order valence-corrected chi connectivity index (χ1v) is 6.06. The number of nitrogens with zero attached hydrogens (tertiary/aromatic N) is 1. The van der Waals surface area contributed by atoms with Crippen molar-refractivity contribution < 1.29 is 9.53 Å². The molecule has 1 heterocycles. The SMILES string of the molecule is CCOCCCNC(=O)CCc1cccnc1. The number of hydrogen-bond donors (Lipinski definition) is 1. The molecule has 0 bridgehead atoms. The van der Waals surface area contributed by atoms with E-state index in [4.69, 9.17) is 4.74 Å². The maximum Gasteiger partial charge on any atom is 0.220 e. The molecule has 1 rings (SSSR count). The molecule has 17 heavy (non-hydrogen) atoms. The van der Waals surface area contributed by atoms with Gasteiger partial charge in [-0.3, -0.25) is 9.78 Å². The number of aryl methyl sites for hydroxylation is 1. The Morgan fingerprint density at radius 2 is 2.41 bits per heavy atom. The van der Waals surface area contributed by atoms with Crippen molar-refractivity contribution in [1.82, 2.24) is 10.3 Å². The third-order valence-electron chi connectivity index (χ3n) is 2.36. The highest BCUT2D eigenvalue weighted by Gasteiger charge is 2.01. The van der Waals surface area contributed by atoms with Crippen LogP contribution in [-0.4, -0.2) is 30.6 Å². The average Bonchev–Trinajstić information content (AvgIpc) is 2.37. The first-order chi connectivity index (χ1) is 8.33. The predicted molar refractivity (Wildman–Crippen MR) is 66.7 cm³/mol. The first kappa shape index (κ1) is 13.6. The van der Waals surface area contributed by atoms with Gasteiger partial charge in [0, 0.05) is 38.6 Å². The third-order valence-corrected chi connectivity index (χ3v) is 2.36. The molecule has 0 aliphatic heterocycles. The van der Waals surface area contributed by atoms with E-state index in [0.29, 0.717) is 19.6 Å². The van der Waals surface area contributed by atoms with Gasteiger partial charge in [0.15, 0.2) is 0 Å². The summed E-state index contributed by atoms with van der Waals surface area (Å²) < 4.78 is 5.19. The minimum absolute atomic E-state index is 0.0883. The summed E-state index contributed by atoms with van der Waals surface area (Å²) in [7, 11) is 0. The molecule has 0 atom stereocenters. The number of amides is 1. The number of hydrogen-bond acceptors (Lipinski definition) is 3. The van der Waals surface area contributed by atoms with E-state index in [1.165, 1.54) is 0 Å². The van der Waals surface area contributed by atoms with E-state index in [-0.39, 0.29) is 5.91 Å². The Morgan fingerprint density at radius 1 is 1.53 bits per heavy atom. The summed E-state index contributed by atoms with van der Waals surface area (Å²) in [5.41, 5.74) is 1.09. The van der Waals surface area contributed by atoms with Gasteiger partial charge in [-0.2, -0.15) is 0 Å². The lowest BCUT2D eigenvalue weighted by Gasteiger charge is -2.05. The van der Waals surface area contributed by atoms with E-state index >= 15 is 0 Å². The maximum absolute atomic E-state index is 11.5. The molecule has 94 valence electrons. The van der Waals surface area contributed by atoms with Crippen LogP contribution in [0, 0.1) is 0 Å². The van der Waals surface area contributed by atoms with Crippen LogP contribution in [0.3, 0.4) is 0 Å². The van der Waals surface area contributed by atoms with Crippen molar-refractivity contribution in [2.24, 2.45) is 0 Å². The number of pyridine rings is 1. The molecule has 0 aromatic carbocycles. The molecule has 4 nitrogen and oxygen atoms in total. The van der Waals surface area contributed by atoms with E-state index in [9.17, 15) is 4.79 Å². The molecule has 0 saturated carbocycles. The van der Waals surface area contributed by atoms with Crippen LogP contribution >= 0.6 is 0 Å². The second-order valence-corrected chi connectivity index (χ2v) is 3.76. The fourth-order valence-corrected chi connectivity index (χ4v) is 1.44. The van der Waals surface area contributed by atoms with Gasteiger partial charge in [-0.25, -0.2) is 0 Å². The van der Waals surface area contributed by atoms with Gasteiger partial charge in [0.2, 0.25) is 5.91 Å². The topological polar surface area (TPSA) is 51.2 Å². The predicted octanol–water partition coefficient (Wildman–Crippen LogP) is 1.56. The Balaban J connectivity index is 2.05. The summed E-state index contributed by atoms with van der Waals surface area (Å²) in [6.45, 7) is 4.09. The van der Waals surface area contributed by atoms with Gasteiger partial charge in [-0.1, -0.05) is 6.07 Å². The molecule has 0 fully saturated rings. The maximum atomic E-state index is 11.5. The Labute approximate surface area is 102 Å². The van der Waals surface area contributed by atoms with Crippen molar-refractivity contribution in [3.8, 4) is 0 Å². The molecule has 0 spiro atoms. The largest absolute Gasteiger partial charge is 0.382 e. The fourth-order valence-electron chi connectivity index (χ4n) is 1.44. The molecular formula is C13H20N2O2. The van der Waals surface area contributed by atoms with Crippen molar-refractivity contribution in [3.05, 3.63) is 30.1 Å². The number of carbonyl (C=O) groups excluding carboxylic acids is 1. The molecular weight excluding hydrogens is 216 g/mol. The van der Waals surface area contributed by atoms with Gasteiger partial charge >= 0.3 is 0 Å². The quantitative estimate of drug-likeness (QED) is 0.697. The highest BCUT2D eigenvalue weighted by atomic mass is 16.5. The van der Waals surface area contributed by atoms with Crippen LogP contribution in [0.5, 0.6) is 0 Å². The Kier molecular flexibility index (Phi) is 6.98. The number of nitrogens with one attached hydrogen (secondary N) is 1. The van der Waals surface area contributed by atoms with Gasteiger partial charge in [-0.05, 0) is 31.4 Å². The molecule has 0 unspecified atom stereocenters. The van der Waals surface area contributed by atoms with Crippen LogP contribution < -0.4 is 5.32 Å².